The Bertz CT molecular complexity index is 809. The Morgan fingerprint density at radius 1 is 1.24 bits per heavy atom. The largest absolute Gasteiger partial charge is 0.497 e. The quantitative estimate of drug-likeness (QED) is 0.382. The first kappa shape index (κ1) is 23.2. The van der Waals surface area contributed by atoms with Crippen molar-refractivity contribution in [2.24, 2.45) is 4.99 Å². The lowest BCUT2D eigenvalue weighted by atomic mass is 9.97. The first-order valence-corrected chi connectivity index (χ1v) is 9.58. The lowest BCUT2D eigenvalue weighted by molar-refractivity contribution is 0.317. The summed E-state index contributed by atoms with van der Waals surface area (Å²) in [5.41, 5.74) is 1.03. The van der Waals surface area contributed by atoms with Gasteiger partial charge in [-0.25, -0.2) is 0 Å². The van der Waals surface area contributed by atoms with E-state index in [1.165, 1.54) is 5.69 Å². The third kappa shape index (κ3) is 5.97. The molecule has 1 saturated heterocycles. The number of aromatic nitrogens is 2. The molecule has 3 rings (SSSR count). The molecule has 0 bridgehead atoms. The van der Waals surface area contributed by atoms with Crippen LogP contribution in [0.1, 0.15) is 32.5 Å². The molecule has 1 N–H and O–H groups in total. The highest BCUT2D eigenvalue weighted by molar-refractivity contribution is 14.0. The van der Waals surface area contributed by atoms with Crippen LogP contribution in [0.15, 0.2) is 33.8 Å². The van der Waals surface area contributed by atoms with Crippen LogP contribution >= 0.6 is 24.0 Å². The van der Waals surface area contributed by atoms with Crippen molar-refractivity contribution in [2.45, 2.75) is 32.7 Å². The topological polar surface area (TPSA) is 79.0 Å². The number of piperazine rings is 1. The molecule has 160 valence electrons. The van der Waals surface area contributed by atoms with E-state index in [0.29, 0.717) is 18.3 Å². The van der Waals surface area contributed by atoms with E-state index in [9.17, 15) is 0 Å². The number of hydrogen-bond acceptors (Lipinski definition) is 6. The van der Waals surface area contributed by atoms with Gasteiger partial charge in [-0.15, -0.1) is 24.0 Å². The highest BCUT2D eigenvalue weighted by atomic mass is 127. The van der Waals surface area contributed by atoms with Crippen LogP contribution in [0.3, 0.4) is 0 Å². The molecule has 0 saturated carbocycles. The van der Waals surface area contributed by atoms with Crippen molar-refractivity contribution in [1.82, 2.24) is 20.4 Å². The number of nitrogens with zero attached hydrogens (tertiary/aromatic N) is 5. The van der Waals surface area contributed by atoms with E-state index in [1.807, 2.05) is 12.1 Å². The Labute approximate surface area is 189 Å². The predicted octanol–water partition coefficient (Wildman–Crippen LogP) is 2.89. The highest BCUT2D eigenvalue weighted by Crippen LogP contribution is 2.22. The molecule has 1 fully saturated rings. The molecule has 9 heteroatoms. The Kier molecular flexibility index (Phi) is 8.12. The summed E-state index contributed by atoms with van der Waals surface area (Å²) in [6, 6.07) is 8.19. The summed E-state index contributed by atoms with van der Waals surface area (Å²) in [6.45, 7) is 10.3. The number of aliphatic imine (C=N–C) groups is 1. The van der Waals surface area contributed by atoms with Gasteiger partial charge in [-0.3, -0.25) is 4.99 Å². The average Bonchev–Trinajstić information content (AvgIpc) is 3.18. The molecule has 1 aromatic carbocycles. The van der Waals surface area contributed by atoms with Gasteiger partial charge in [0.1, 0.15) is 5.75 Å². The first-order valence-electron chi connectivity index (χ1n) is 9.58. The predicted molar refractivity (Wildman–Crippen MR) is 125 cm³/mol. The van der Waals surface area contributed by atoms with Crippen molar-refractivity contribution in [3.63, 3.8) is 0 Å². The third-order valence-corrected chi connectivity index (χ3v) is 4.72. The van der Waals surface area contributed by atoms with Crippen LogP contribution in [0.4, 0.5) is 5.69 Å². The summed E-state index contributed by atoms with van der Waals surface area (Å²) in [4.78, 5) is 13.5. The van der Waals surface area contributed by atoms with Crippen molar-refractivity contribution in [1.29, 1.82) is 0 Å². The zero-order valence-electron chi connectivity index (χ0n) is 17.8. The molecule has 2 heterocycles. The van der Waals surface area contributed by atoms with E-state index < -0.39 is 0 Å². The van der Waals surface area contributed by atoms with Gasteiger partial charge in [0.05, 0.1) is 13.7 Å². The van der Waals surface area contributed by atoms with E-state index in [2.05, 4.69) is 63.2 Å². The number of hydrogen-bond donors (Lipinski definition) is 1. The van der Waals surface area contributed by atoms with Gasteiger partial charge in [-0.1, -0.05) is 32.0 Å². The second-order valence-corrected chi connectivity index (χ2v) is 7.84. The number of ether oxygens (including phenoxy) is 1. The van der Waals surface area contributed by atoms with Crippen molar-refractivity contribution >= 4 is 35.6 Å². The molecule has 0 atom stereocenters. The normalized spacial score (nSPS) is 15.1. The molecule has 1 aliphatic heterocycles. The highest BCUT2D eigenvalue weighted by Gasteiger charge is 2.23. The summed E-state index contributed by atoms with van der Waals surface area (Å²) in [5.74, 6) is 3.02. The van der Waals surface area contributed by atoms with E-state index in [-0.39, 0.29) is 29.4 Å². The van der Waals surface area contributed by atoms with E-state index in [4.69, 9.17) is 9.26 Å². The zero-order valence-corrected chi connectivity index (χ0v) is 20.1. The number of methoxy groups -OCH3 is 1. The minimum absolute atomic E-state index is 0. The van der Waals surface area contributed by atoms with Gasteiger partial charge in [0, 0.05) is 50.4 Å². The summed E-state index contributed by atoms with van der Waals surface area (Å²) in [5, 5.41) is 7.41. The molecule has 0 spiro atoms. The zero-order chi connectivity index (χ0) is 20.1. The third-order valence-electron chi connectivity index (χ3n) is 4.72. The van der Waals surface area contributed by atoms with Gasteiger partial charge < -0.3 is 24.4 Å². The number of halogens is 1. The molecule has 29 heavy (non-hydrogen) atoms. The molecule has 8 nitrogen and oxygen atoms in total. The van der Waals surface area contributed by atoms with Crippen LogP contribution in [0.5, 0.6) is 5.75 Å². The maximum atomic E-state index is 5.35. The van der Waals surface area contributed by atoms with Crippen molar-refractivity contribution in [3.05, 3.63) is 36.0 Å². The number of nitrogens with one attached hydrogen (secondary N) is 1. The fraction of sp³-hybridized carbons (Fsp3) is 0.550. The Morgan fingerprint density at radius 2 is 1.97 bits per heavy atom. The van der Waals surface area contributed by atoms with Gasteiger partial charge in [-0.2, -0.15) is 4.98 Å². The second-order valence-electron chi connectivity index (χ2n) is 7.84. The fourth-order valence-electron chi connectivity index (χ4n) is 3.10. The Hall–Kier alpha value is -2.04. The van der Waals surface area contributed by atoms with Gasteiger partial charge >= 0.3 is 0 Å². The maximum Gasteiger partial charge on any atom is 0.232 e. The molecule has 1 aromatic heterocycles. The lowest BCUT2D eigenvalue weighted by Crippen LogP contribution is -2.52. The van der Waals surface area contributed by atoms with Crippen molar-refractivity contribution in [2.75, 3.05) is 45.2 Å². The molecular weight excluding hydrogens is 483 g/mol. The molecule has 1 aliphatic rings. The van der Waals surface area contributed by atoms with Gasteiger partial charge in [0.2, 0.25) is 5.89 Å². The van der Waals surface area contributed by atoms with Crippen LogP contribution in [0, 0.1) is 0 Å². The van der Waals surface area contributed by atoms with Crippen LogP contribution in [0.2, 0.25) is 0 Å². The molecule has 0 radical (unpaired) electrons. The number of guanidine groups is 1. The molecule has 2 aromatic rings. The van der Waals surface area contributed by atoms with E-state index in [0.717, 1.165) is 37.9 Å². The maximum absolute atomic E-state index is 5.35. The Morgan fingerprint density at radius 3 is 2.55 bits per heavy atom. The van der Waals surface area contributed by atoms with Crippen molar-refractivity contribution < 1.29 is 9.26 Å². The van der Waals surface area contributed by atoms with Crippen LogP contribution in [0.25, 0.3) is 0 Å². The molecular formula is C20H31IN6O2. The number of anilines is 1. The fourth-order valence-corrected chi connectivity index (χ4v) is 3.10. The van der Waals surface area contributed by atoms with Crippen molar-refractivity contribution in [3.8, 4) is 5.75 Å². The minimum Gasteiger partial charge on any atom is -0.497 e. The van der Waals surface area contributed by atoms with Crippen LogP contribution in [-0.4, -0.2) is 61.3 Å². The summed E-state index contributed by atoms with van der Waals surface area (Å²) in [6.07, 6.45) is 0. The second kappa shape index (κ2) is 10.1. The van der Waals surface area contributed by atoms with Gasteiger partial charge in [-0.05, 0) is 12.1 Å². The Balaban J connectivity index is 0.00000300. The summed E-state index contributed by atoms with van der Waals surface area (Å²) < 4.78 is 10.7. The van der Waals surface area contributed by atoms with Crippen LogP contribution in [-0.2, 0) is 12.0 Å². The monoisotopic (exact) mass is 514 g/mol. The molecule has 0 aliphatic carbocycles. The van der Waals surface area contributed by atoms with E-state index in [1.54, 1.807) is 14.2 Å². The molecule has 0 unspecified atom stereocenters. The number of benzene rings is 1. The van der Waals surface area contributed by atoms with E-state index >= 15 is 0 Å². The van der Waals surface area contributed by atoms with Gasteiger partial charge in [0.15, 0.2) is 11.8 Å². The number of rotatable bonds is 4. The first-order chi connectivity index (χ1) is 13.4. The standard InChI is InChI=1S/C20H30N6O2.HI/c1-20(2,3)18-23-17(24-28-18)14-22-19(21-4)26-11-9-25(10-12-26)15-7-6-8-16(13-15)27-5;/h6-8,13H,9-12,14H2,1-5H3,(H,21,22);1H. The smallest absolute Gasteiger partial charge is 0.232 e. The average molecular weight is 514 g/mol. The van der Waals surface area contributed by atoms with Gasteiger partial charge in [0.25, 0.3) is 0 Å². The van der Waals surface area contributed by atoms with Crippen LogP contribution < -0.4 is 15.0 Å². The lowest BCUT2D eigenvalue weighted by Gasteiger charge is -2.37. The molecule has 0 amide bonds. The summed E-state index contributed by atoms with van der Waals surface area (Å²) in [7, 11) is 3.49. The SMILES string of the molecule is CN=C(NCc1noc(C(C)(C)C)n1)N1CCN(c2cccc(OC)c2)CC1.I. The summed E-state index contributed by atoms with van der Waals surface area (Å²) >= 11 is 0. The minimum atomic E-state index is -0.149.